The van der Waals surface area contributed by atoms with E-state index in [1.165, 1.54) is 25.0 Å². The fourth-order valence-electron chi connectivity index (χ4n) is 6.31. The molecular formula is C38H34O4. The Labute approximate surface area is 245 Å². The van der Waals surface area contributed by atoms with Crippen LogP contribution in [0.15, 0.2) is 84.9 Å². The van der Waals surface area contributed by atoms with Crippen molar-refractivity contribution in [3.8, 4) is 22.6 Å². The molecule has 0 aliphatic carbocycles. The SMILES string of the molecule is CCCc1ccc2c(OC(C)=O)c3ccccc3c(-c3c4ccccc4c(OC(C)=O)c4ccc(CCC)cc34)c2c1. The zero-order chi connectivity index (χ0) is 29.4. The molecule has 0 aromatic heterocycles. The van der Waals surface area contributed by atoms with Gasteiger partial charge in [-0.05, 0) is 56.6 Å². The molecule has 0 radical (unpaired) electrons. The largest absolute Gasteiger partial charge is 0.425 e. The normalized spacial score (nSPS) is 11.4. The van der Waals surface area contributed by atoms with Crippen LogP contribution in [-0.4, -0.2) is 11.9 Å². The highest BCUT2D eigenvalue weighted by Crippen LogP contribution is 2.50. The van der Waals surface area contributed by atoms with E-state index in [0.717, 1.165) is 79.9 Å². The first-order valence-corrected chi connectivity index (χ1v) is 14.7. The third-order valence-corrected chi connectivity index (χ3v) is 7.90. The molecule has 0 amide bonds. The van der Waals surface area contributed by atoms with Gasteiger partial charge in [-0.2, -0.15) is 0 Å². The van der Waals surface area contributed by atoms with Crippen molar-refractivity contribution in [1.29, 1.82) is 0 Å². The molecule has 0 spiro atoms. The van der Waals surface area contributed by atoms with Crippen molar-refractivity contribution in [2.24, 2.45) is 0 Å². The predicted octanol–water partition coefficient (Wildman–Crippen LogP) is 9.72. The van der Waals surface area contributed by atoms with Crippen molar-refractivity contribution in [2.45, 2.75) is 53.4 Å². The third-order valence-electron chi connectivity index (χ3n) is 7.90. The van der Waals surface area contributed by atoms with Crippen LogP contribution in [0.3, 0.4) is 0 Å². The minimum absolute atomic E-state index is 0.349. The summed E-state index contributed by atoms with van der Waals surface area (Å²) in [6, 6.07) is 29.3. The Kier molecular flexibility index (Phi) is 7.38. The van der Waals surface area contributed by atoms with Gasteiger partial charge in [0.1, 0.15) is 11.5 Å². The van der Waals surface area contributed by atoms with Crippen LogP contribution in [-0.2, 0) is 22.4 Å². The second-order valence-corrected chi connectivity index (χ2v) is 10.9. The molecule has 0 heterocycles. The van der Waals surface area contributed by atoms with E-state index in [0.29, 0.717) is 11.5 Å². The van der Waals surface area contributed by atoms with Gasteiger partial charge in [-0.25, -0.2) is 0 Å². The molecule has 4 heteroatoms. The smallest absolute Gasteiger partial charge is 0.308 e. The molecule has 0 aliphatic rings. The van der Waals surface area contributed by atoms with Crippen LogP contribution in [0.2, 0.25) is 0 Å². The molecule has 0 unspecified atom stereocenters. The molecule has 210 valence electrons. The van der Waals surface area contributed by atoms with Crippen molar-refractivity contribution < 1.29 is 19.1 Å². The minimum Gasteiger partial charge on any atom is -0.425 e. The van der Waals surface area contributed by atoms with E-state index in [9.17, 15) is 9.59 Å². The van der Waals surface area contributed by atoms with E-state index in [2.05, 4.69) is 62.4 Å². The number of fused-ring (bicyclic) bond motifs is 4. The number of carbonyl (C=O) groups is 2. The molecule has 0 saturated carbocycles. The zero-order valence-electron chi connectivity index (χ0n) is 24.5. The van der Waals surface area contributed by atoms with Gasteiger partial charge in [-0.1, -0.05) is 112 Å². The number of carbonyl (C=O) groups excluding carboxylic acids is 2. The maximum absolute atomic E-state index is 12.3. The lowest BCUT2D eigenvalue weighted by Crippen LogP contribution is -2.05. The number of hydrogen-bond donors (Lipinski definition) is 0. The lowest BCUT2D eigenvalue weighted by Gasteiger charge is -2.22. The van der Waals surface area contributed by atoms with E-state index < -0.39 is 0 Å². The van der Waals surface area contributed by atoms with E-state index in [1.54, 1.807) is 0 Å². The van der Waals surface area contributed by atoms with Crippen LogP contribution in [0, 0.1) is 0 Å². The summed E-state index contributed by atoms with van der Waals surface area (Å²) in [5.74, 6) is 0.462. The number of aryl methyl sites for hydroxylation is 2. The van der Waals surface area contributed by atoms with E-state index >= 15 is 0 Å². The first kappa shape index (κ1) is 27.5. The van der Waals surface area contributed by atoms with Gasteiger partial charge in [0.05, 0.1) is 0 Å². The van der Waals surface area contributed by atoms with Gasteiger partial charge in [-0.15, -0.1) is 0 Å². The van der Waals surface area contributed by atoms with Crippen molar-refractivity contribution >= 4 is 55.0 Å². The number of hydrogen-bond acceptors (Lipinski definition) is 4. The maximum atomic E-state index is 12.3. The summed E-state index contributed by atoms with van der Waals surface area (Å²) in [5.41, 5.74) is 4.62. The Morgan fingerprint density at radius 2 is 0.857 bits per heavy atom. The van der Waals surface area contributed by atoms with Gasteiger partial charge in [-0.3, -0.25) is 9.59 Å². The number of rotatable bonds is 7. The standard InChI is InChI=1S/C38H34O4/c1-5-11-25-17-19-31-33(21-25)35(27-13-7-9-15-29(27)37(31)41-23(3)39)36-28-14-8-10-16-30(28)38(42-24(4)40)32-20-18-26(12-6-2)22-34(32)36/h7-10,13-22H,5-6,11-12H2,1-4H3. The molecule has 4 nitrogen and oxygen atoms in total. The fraction of sp³-hybridized carbons (Fsp3) is 0.211. The number of benzene rings is 6. The molecular weight excluding hydrogens is 520 g/mol. The molecule has 0 bridgehead atoms. The summed E-state index contributed by atoms with van der Waals surface area (Å²) in [7, 11) is 0. The van der Waals surface area contributed by atoms with Gasteiger partial charge < -0.3 is 9.47 Å². The predicted molar refractivity (Wildman–Crippen MR) is 173 cm³/mol. The van der Waals surface area contributed by atoms with Gasteiger partial charge in [0, 0.05) is 35.4 Å². The average molecular weight is 555 g/mol. The Hall–Kier alpha value is -4.70. The lowest BCUT2D eigenvalue weighted by molar-refractivity contribution is -0.132. The van der Waals surface area contributed by atoms with E-state index in [1.807, 2.05) is 36.4 Å². The van der Waals surface area contributed by atoms with Crippen LogP contribution in [0.4, 0.5) is 0 Å². The van der Waals surface area contributed by atoms with Gasteiger partial charge in [0.2, 0.25) is 0 Å². The molecule has 0 atom stereocenters. The van der Waals surface area contributed by atoms with Crippen molar-refractivity contribution in [2.75, 3.05) is 0 Å². The van der Waals surface area contributed by atoms with Gasteiger partial charge in [0.15, 0.2) is 0 Å². The average Bonchev–Trinajstić information content (AvgIpc) is 2.98. The van der Waals surface area contributed by atoms with E-state index in [-0.39, 0.29) is 11.9 Å². The zero-order valence-corrected chi connectivity index (χ0v) is 24.5. The Morgan fingerprint density at radius 3 is 1.21 bits per heavy atom. The van der Waals surface area contributed by atoms with E-state index in [4.69, 9.17) is 9.47 Å². The van der Waals surface area contributed by atoms with Crippen LogP contribution in [0.5, 0.6) is 11.5 Å². The van der Waals surface area contributed by atoms with Gasteiger partial charge in [0.25, 0.3) is 0 Å². The summed E-state index contributed by atoms with van der Waals surface area (Å²) in [6.07, 6.45) is 3.93. The highest BCUT2D eigenvalue weighted by Gasteiger charge is 2.23. The molecule has 6 aromatic rings. The number of esters is 2. The Balaban J connectivity index is 1.88. The third kappa shape index (κ3) is 4.77. The monoisotopic (exact) mass is 554 g/mol. The highest BCUT2D eigenvalue weighted by molar-refractivity contribution is 6.27. The summed E-state index contributed by atoms with van der Waals surface area (Å²) in [6.45, 7) is 7.26. The van der Waals surface area contributed by atoms with Crippen LogP contribution < -0.4 is 9.47 Å². The topological polar surface area (TPSA) is 52.6 Å². The first-order valence-electron chi connectivity index (χ1n) is 14.7. The number of ether oxygens (including phenoxy) is 2. The quantitative estimate of drug-likeness (QED) is 0.112. The molecule has 0 fully saturated rings. The maximum Gasteiger partial charge on any atom is 0.308 e. The summed E-state index contributed by atoms with van der Waals surface area (Å²) in [4.78, 5) is 24.7. The Morgan fingerprint density at radius 1 is 0.500 bits per heavy atom. The molecule has 0 aliphatic heterocycles. The first-order chi connectivity index (χ1) is 20.4. The van der Waals surface area contributed by atoms with Crippen molar-refractivity contribution in [3.63, 3.8) is 0 Å². The van der Waals surface area contributed by atoms with Crippen molar-refractivity contribution in [3.05, 3.63) is 96.1 Å². The lowest BCUT2D eigenvalue weighted by atomic mass is 9.84. The molecule has 6 rings (SSSR count). The van der Waals surface area contributed by atoms with Crippen LogP contribution in [0.1, 0.15) is 51.7 Å². The second-order valence-electron chi connectivity index (χ2n) is 10.9. The fourth-order valence-corrected chi connectivity index (χ4v) is 6.31. The Bertz CT molecular complexity index is 1870. The highest BCUT2D eigenvalue weighted by atomic mass is 16.5. The summed E-state index contributed by atoms with van der Waals surface area (Å²) < 4.78 is 11.8. The minimum atomic E-state index is -0.349. The second kappa shape index (κ2) is 11.3. The van der Waals surface area contributed by atoms with Crippen LogP contribution in [0.25, 0.3) is 54.2 Å². The summed E-state index contributed by atoms with van der Waals surface area (Å²) >= 11 is 0. The molecule has 6 aromatic carbocycles. The van der Waals surface area contributed by atoms with Gasteiger partial charge >= 0.3 is 11.9 Å². The van der Waals surface area contributed by atoms with Crippen LogP contribution >= 0.6 is 0 Å². The summed E-state index contributed by atoms with van der Waals surface area (Å²) in [5, 5.41) is 7.61. The molecule has 0 saturated heterocycles. The van der Waals surface area contributed by atoms with Crippen molar-refractivity contribution in [1.82, 2.24) is 0 Å². The molecule has 42 heavy (non-hydrogen) atoms. The molecule has 0 N–H and O–H groups in total.